The molecule has 1 unspecified atom stereocenters. The van der Waals surface area contributed by atoms with Crippen LogP contribution in [0, 0.1) is 37.3 Å². The van der Waals surface area contributed by atoms with Crippen molar-refractivity contribution >= 4 is 55.3 Å². The van der Waals surface area contributed by atoms with Crippen LogP contribution in [0.2, 0.25) is 5.02 Å². The predicted octanol–water partition coefficient (Wildman–Crippen LogP) is 6.13. The second-order valence-electron chi connectivity index (χ2n) is 13.5. The lowest BCUT2D eigenvalue weighted by Crippen LogP contribution is -2.33. The Morgan fingerprint density at radius 3 is 2.40 bits per heavy atom. The number of sulfonamides is 1. The van der Waals surface area contributed by atoms with E-state index >= 15 is 0 Å². The van der Waals surface area contributed by atoms with Crippen molar-refractivity contribution in [3.05, 3.63) is 106 Å². The maximum absolute atomic E-state index is 14.5. The highest BCUT2D eigenvalue weighted by molar-refractivity contribution is 7.92. The van der Waals surface area contributed by atoms with Gasteiger partial charge in [0.1, 0.15) is 29.5 Å². The third-order valence-corrected chi connectivity index (χ3v) is 9.39. The van der Waals surface area contributed by atoms with E-state index < -0.39 is 39.2 Å². The van der Waals surface area contributed by atoms with E-state index in [4.69, 9.17) is 16.6 Å². The van der Waals surface area contributed by atoms with Crippen LogP contribution < -0.4 is 10.0 Å². The highest BCUT2D eigenvalue weighted by atomic mass is 35.5. The Hall–Kier alpha value is -5.36. The first kappa shape index (κ1) is 37.4. The van der Waals surface area contributed by atoms with Crippen LogP contribution >= 0.6 is 11.6 Å². The van der Waals surface area contributed by atoms with E-state index in [2.05, 4.69) is 32.0 Å². The van der Waals surface area contributed by atoms with Crippen LogP contribution in [-0.4, -0.2) is 55.6 Å². The third kappa shape index (κ3) is 8.49. The highest BCUT2D eigenvalue weighted by Crippen LogP contribution is 2.40. The summed E-state index contributed by atoms with van der Waals surface area (Å²) in [5.41, 5.74) is 4.41. The molecule has 6 aromatic rings. The number of rotatable bonds is 9. The predicted molar refractivity (Wildman–Crippen MR) is 201 cm³/mol. The van der Waals surface area contributed by atoms with Gasteiger partial charge in [0.05, 0.1) is 51.3 Å². The SMILES string of the molecule is Cc1cc2ncn(CC(=O)NC(Cc3cc(F)cc(F)c3)c3nc(C#CC(C)(C)O)ccc3-c3ccc(Cl)c4c(NS(C)(=O)=O)nn(C)c34)c2cc1C. The van der Waals surface area contributed by atoms with Crippen LogP contribution in [0.1, 0.15) is 48.0 Å². The van der Waals surface area contributed by atoms with Gasteiger partial charge in [-0.1, -0.05) is 23.6 Å². The number of nitrogens with zero attached hydrogens (tertiary/aromatic N) is 5. The Labute approximate surface area is 310 Å². The molecule has 6 rings (SSSR count). The largest absolute Gasteiger partial charge is 0.378 e. The standard InChI is InChI=1S/C38H36ClF2N7O4S/c1-21-13-30-32(14-22(21)2)48(20-42-30)19-33(49)44-31(17-23-15-24(40)18-25(41)16-23)35-27(8-7-26(43-35)11-12-38(3,4)50)28-9-10-29(39)34-36(28)47(5)45-37(34)46-53(6,51)52/h7-10,13-16,18,20,31,50H,17,19H2,1-6H3,(H,44,49)(H,45,46). The minimum atomic E-state index is -3.74. The summed E-state index contributed by atoms with van der Waals surface area (Å²) in [6.45, 7) is 6.86. The van der Waals surface area contributed by atoms with Gasteiger partial charge in [-0.05, 0) is 99.2 Å². The number of aryl methyl sites for hydroxylation is 3. The van der Waals surface area contributed by atoms with E-state index in [1.807, 2.05) is 26.0 Å². The fourth-order valence-corrected chi connectivity index (χ4v) is 6.85. The smallest absolute Gasteiger partial charge is 0.240 e. The Morgan fingerprint density at radius 2 is 1.72 bits per heavy atom. The number of amides is 1. The molecule has 0 fully saturated rings. The van der Waals surface area contributed by atoms with E-state index in [1.54, 1.807) is 42.2 Å². The van der Waals surface area contributed by atoms with Gasteiger partial charge in [-0.2, -0.15) is 5.10 Å². The number of hydrogen-bond donors (Lipinski definition) is 3. The lowest BCUT2D eigenvalue weighted by molar-refractivity contribution is -0.122. The topological polar surface area (TPSA) is 144 Å². The molecule has 0 aliphatic heterocycles. The van der Waals surface area contributed by atoms with Crippen LogP contribution in [0.5, 0.6) is 0 Å². The van der Waals surface area contributed by atoms with Crippen LogP contribution in [0.3, 0.4) is 0 Å². The molecule has 3 N–H and O–H groups in total. The molecule has 0 aliphatic carbocycles. The van der Waals surface area contributed by atoms with Gasteiger partial charge >= 0.3 is 0 Å². The average molecular weight is 760 g/mol. The summed E-state index contributed by atoms with van der Waals surface area (Å²) >= 11 is 6.63. The summed E-state index contributed by atoms with van der Waals surface area (Å²) in [4.78, 5) is 23.3. The summed E-state index contributed by atoms with van der Waals surface area (Å²) in [6, 6.07) is 12.7. The van der Waals surface area contributed by atoms with Crippen LogP contribution in [0.4, 0.5) is 14.6 Å². The number of hydrogen-bond acceptors (Lipinski definition) is 7. The second kappa shape index (κ2) is 14.2. The van der Waals surface area contributed by atoms with Gasteiger partial charge in [0.2, 0.25) is 15.9 Å². The Balaban J connectivity index is 1.53. The zero-order chi connectivity index (χ0) is 38.4. The molecule has 0 spiro atoms. The minimum Gasteiger partial charge on any atom is -0.378 e. The molecular weight excluding hydrogens is 724 g/mol. The molecule has 1 amide bonds. The zero-order valence-corrected chi connectivity index (χ0v) is 31.3. The number of aromatic nitrogens is 5. The molecule has 0 aliphatic rings. The molecule has 0 bridgehead atoms. The molecule has 3 heterocycles. The third-order valence-electron chi connectivity index (χ3n) is 8.51. The maximum Gasteiger partial charge on any atom is 0.240 e. The molecule has 53 heavy (non-hydrogen) atoms. The number of anilines is 1. The van der Waals surface area contributed by atoms with Crippen molar-refractivity contribution in [2.24, 2.45) is 7.05 Å². The summed E-state index contributed by atoms with van der Waals surface area (Å²) in [5, 5.41) is 18.3. The number of carbonyl (C=O) groups excluding carboxylic acids is 1. The van der Waals surface area contributed by atoms with Crippen molar-refractivity contribution in [1.29, 1.82) is 0 Å². The quantitative estimate of drug-likeness (QED) is 0.151. The number of benzene rings is 3. The van der Waals surface area contributed by atoms with Crippen molar-refractivity contribution in [2.45, 2.75) is 52.3 Å². The molecule has 3 aromatic heterocycles. The number of nitrogens with one attached hydrogen (secondary N) is 2. The van der Waals surface area contributed by atoms with E-state index in [0.717, 1.165) is 34.5 Å². The fraction of sp³-hybridized carbons (Fsp3) is 0.263. The van der Waals surface area contributed by atoms with Crippen molar-refractivity contribution in [2.75, 3.05) is 11.0 Å². The highest BCUT2D eigenvalue weighted by Gasteiger charge is 2.26. The van der Waals surface area contributed by atoms with Crippen molar-refractivity contribution in [3.63, 3.8) is 0 Å². The zero-order valence-electron chi connectivity index (χ0n) is 29.7. The molecule has 1 atom stereocenters. The molecular formula is C38H36ClF2N7O4S. The first-order valence-electron chi connectivity index (χ1n) is 16.4. The lowest BCUT2D eigenvalue weighted by Gasteiger charge is -2.23. The first-order valence-corrected chi connectivity index (χ1v) is 18.7. The van der Waals surface area contributed by atoms with Gasteiger partial charge in [-0.3, -0.25) is 14.2 Å². The number of imidazole rings is 1. The van der Waals surface area contributed by atoms with Crippen LogP contribution in [0.25, 0.3) is 33.1 Å². The molecule has 0 saturated heterocycles. The van der Waals surface area contributed by atoms with Crippen molar-refractivity contribution < 1.29 is 27.1 Å². The number of carbonyl (C=O) groups is 1. The Kier molecular flexibility index (Phi) is 10.0. The van der Waals surface area contributed by atoms with Crippen LogP contribution in [0.15, 0.2) is 60.9 Å². The van der Waals surface area contributed by atoms with Crippen molar-refractivity contribution in [3.8, 4) is 23.0 Å². The van der Waals surface area contributed by atoms with Gasteiger partial charge in [-0.25, -0.2) is 27.2 Å². The van der Waals surface area contributed by atoms with Crippen LogP contribution in [-0.2, 0) is 34.8 Å². The van der Waals surface area contributed by atoms with E-state index in [1.165, 1.54) is 30.7 Å². The Bertz CT molecular complexity index is 2580. The van der Waals surface area contributed by atoms with E-state index in [-0.39, 0.29) is 40.8 Å². The summed E-state index contributed by atoms with van der Waals surface area (Å²) < 4.78 is 59.1. The van der Waals surface area contributed by atoms with Gasteiger partial charge < -0.3 is 15.0 Å². The average Bonchev–Trinajstić information content (AvgIpc) is 3.57. The van der Waals surface area contributed by atoms with Gasteiger partial charge in [0.25, 0.3) is 0 Å². The van der Waals surface area contributed by atoms with Crippen molar-refractivity contribution in [1.82, 2.24) is 29.6 Å². The fourth-order valence-electron chi connectivity index (χ4n) is 6.11. The minimum absolute atomic E-state index is 0.0112. The van der Waals surface area contributed by atoms with Gasteiger partial charge in [0, 0.05) is 24.2 Å². The molecule has 274 valence electrons. The summed E-state index contributed by atoms with van der Waals surface area (Å²) in [5.74, 6) is 3.61. The summed E-state index contributed by atoms with van der Waals surface area (Å²) in [7, 11) is -2.11. The molecule has 15 heteroatoms. The summed E-state index contributed by atoms with van der Waals surface area (Å²) in [6.07, 6.45) is 2.48. The first-order chi connectivity index (χ1) is 24.8. The maximum atomic E-state index is 14.5. The molecule has 3 aromatic carbocycles. The van der Waals surface area contributed by atoms with E-state index in [0.29, 0.717) is 22.0 Å². The monoisotopic (exact) mass is 759 g/mol. The number of halogens is 3. The molecule has 0 radical (unpaired) electrons. The van der Waals surface area contributed by atoms with Gasteiger partial charge in [0.15, 0.2) is 5.82 Å². The molecule has 0 saturated carbocycles. The second-order valence-corrected chi connectivity index (χ2v) is 15.7. The molecule has 11 nitrogen and oxygen atoms in total. The number of aliphatic hydroxyl groups is 1. The van der Waals surface area contributed by atoms with Gasteiger partial charge in [-0.15, -0.1) is 0 Å². The lowest BCUT2D eigenvalue weighted by atomic mass is 9.93. The number of fused-ring (bicyclic) bond motifs is 2. The normalized spacial score (nSPS) is 12.5. The number of pyridine rings is 1. The van der Waals surface area contributed by atoms with E-state index in [9.17, 15) is 27.1 Å². The Morgan fingerprint density at radius 1 is 1.04 bits per heavy atom.